The highest BCUT2D eigenvalue weighted by Gasteiger charge is 2.18. The molecule has 4 rings (SSSR count). The summed E-state index contributed by atoms with van der Waals surface area (Å²) in [4.78, 5) is 20.5. The molecule has 0 amide bonds. The first-order valence-corrected chi connectivity index (χ1v) is 9.52. The van der Waals surface area contributed by atoms with Crippen LogP contribution in [0.15, 0.2) is 42.6 Å². The number of fused-ring (bicyclic) bond motifs is 1. The minimum atomic E-state index is 0.402. The summed E-state index contributed by atoms with van der Waals surface area (Å²) in [6.45, 7) is 9.99. The van der Waals surface area contributed by atoms with E-state index >= 15 is 0 Å². The van der Waals surface area contributed by atoms with Crippen LogP contribution in [0.3, 0.4) is 0 Å². The van der Waals surface area contributed by atoms with E-state index in [2.05, 4.69) is 58.0 Å². The van der Waals surface area contributed by atoms with Gasteiger partial charge in [-0.05, 0) is 30.2 Å². The molecule has 1 aromatic carbocycles. The largest absolute Gasteiger partial charge is 0.369 e. The smallest absolute Gasteiger partial charge is 0.170 e. The summed E-state index contributed by atoms with van der Waals surface area (Å²) in [5.74, 6) is 0.707. The minimum Gasteiger partial charge on any atom is -0.369 e. The van der Waals surface area contributed by atoms with Crippen molar-refractivity contribution in [3.05, 3.63) is 48.3 Å². The number of carbonyl (C=O) groups is 1. The summed E-state index contributed by atoms with van der Waals surface area (Å²) in [6.07, 6.45) is 2.58. The van der Waals surface area contributed by atoms with Crippen molar-refractivity contribution in [2.75, 3.05) is 37.6 Å². The first kappa shape index (κ1) is 17.7. The van der Waals surface area contributed by atoms with Gasteiger partial charge in [-0.25, -0.2) is 9.50 Å². The Morgan fingerprint density at radius 3 is 2.67 bits per heavy atom. The van der Waals surface area contributed by atoms with E-state index in [1.165, 1.54) is 12.2 Å². The Kier molecular flexibility index (Phi) is 4.90. The summed E-state index contributed by atoms with van der Waals surface area (Å²) in [6, 6.07) is 12.0. The van der Waals surface area contributed by atoms with E-state index in [0.717, 1.165) is 49.4 Å². The quantitative estimate of drug-likeness (QED) is 0.652. The summed E-state index contributed by atoms with van der Waals surface area (Å²) in [5, 5.41) is 4.38. The van der Waals surface area contributed by atoms with Gasteiger partial charge in [0.25, 0.3) is 0 Å². The molecule has 0 bridgehead atoms. The molecule has 1 saturated heterocycles. The lowest BCUT2D eigenvalue weighted by atomic mass is 10.1. The zero-order valence-corrected chi connectivity index (χ0v) is 15.9. The number of aldehydes is 1. The predicted molar refractivity (Wildman–Crippen MR) is 107 cm³/mol. The van der Waals surface area contributed by atoms with Crippen LogP contribution in [0.2, 0.25) is 0 Å². The fraction of sp³-hybridized carbons (Fsp3) is 0.381. The van der Waals surface area contributed by atoms with Gasteiger partial charge in [0.05, 0.1) is 11.9 Å². The van der Waals surface area contributed by atoms with Crippen molar-refractivity contribution in [3.8, 4) is 11.3 Å². The molecule has 140 valence electrons. The van der Waals surface area contributed by atoms with Crippen LogP contribution in [-0.2, 0) is 0 Å². The summed E-state index contributed by atoms with van der Waals surface area (Å²) in [5.41, 5.74) is 4.31. The second-order valence-electron chi connectivity index (χ2n) is 7.52. The normalized spacial score (nSPS) is 15.6. The number of rotatable bonds is 5. The molecule has 0 spiro atoms. The predicted octanol–water partition coefficient (Wildman–Crippen LogP) is 2.99. The standard InChI is InChI=1S/C21H25N5O/c1-16(2)14-24-8-10-25(11-9-24)19-5-3-4-17(12-19)20-13-22-21-7-6-18(15-27)23-26(20)21/h3-7,12-13,15-16H,8-11,14H2,1-2H3. The van der Waals surface area contributed by atoms with Crippen molar-refractivity contribution < 1.29 is 4.79 Å². The molecule has 1 aliphatic rings. The average molecular weight is 363 g/mol. The Morgan fingerprint density at radius 1 is 1.11 bits per heavy atom. The van der Waals surface area contributed by atoms with E-state index in [-0.39, 0.29) is 0 Å². The van der Waals surface area contributed by atoms with Gasteiger partial charge < -0.3 is 4.90 Å². The fourth-order valence-corrected chi connectivity index (χ4v) is 3.71. The monoisotopic (exact) mass is 363 g/mol. The minimum absolute atomic E-state index is 0.402. The van der Waals surface area contributed by atoms with Crippen LogP contribution >= 0.6 is 0 Å². The molecule has 0 saturated carbocycles. The molecule has 1 aliphatic heterocycles. The van der Waals surface area contributed by atoms with E-state index in [1.807, 2.05) is 12.3 Å². The van der Waals surface area contributed by atoms with Crippen LogP contribution < -0.4 is 4.90 Å². The molecule has 0 unspecified atom stereocenters. The molecule has 0 aliphatic carbocycles. The van der Waals surface area contributed by atoms with Gasteiger partial charge in [-0.1, -0.05) is 26.0 Å². The summed E-state index contributed by atoms with van der Waals surface area (Å²) in [7, 11) is 0. The highest BCUT2D eigenvalue weighted by molar-refractivity contribution is 5.73. The number of anilines is 1. The maximum atomic E-state index is 11.1. The summed E-state index contributed by atoms with van der Waals surface area (Å²) >= 11 is 0. The summed E-state index contributed by atoms with van der Waals surface area (Å²) < 4.78 is 1.74. The van der Waals surface area contributed by atoms with Crippen molar-refractivity contribution in [3.63, 3.8) is 0 Å². The van der Waals surface area contributed by atoms with Gasteiger partial charge in [0.15, 0.2) is 11.9 Å². The zero-order valence-electron chi connectivity index (χ0n) is 15.9. The fourth-order valence-electron chi connectivity index (χ4n) is 3.71. The number of imidazole rings is 1. The van der Waals surface area contributed by atoms with Crippen molar-refractivity contribution in [2.45, 2.75) is 13.8 Å². The number of benzene rings is 1. The average Bonchev–Trinajstić information content (AvgIpc) is 3.11. The van der Waals surface area contributed by atoms with Crippen LogP contribution in [0.25, 0.3) is 16.9 Å². The first-order chi connectivity index (χ1) is 13.1. The molecular weight excluding hydrogens is 338 g/mol. The molecule has 0 N–H and O–H groups in total. The van der Waals surface area contributed by atoms with Crippen molar-refractivity contribution in [2.24, 2.45) is 5.92 Å². The van der Waals surface area contributed by atoms with Crippen LogP contribution in [0.5, 0.6) is 0 Å². The lowest BCUT2D eigenvalue weighted by molar-refractivity contribution is 0.111. The second-order valence-corrected chi connectivity index (χ2v) is 7.52. The van der Waals surface area contributed by atoms with Crippen LogP contribution in [0, 0.1) is 5.92 Å². The third-order valence-corrected chi connectivity index (χ3v) is 5.01. The Hall–Kier alpha value is -2.73. The number of piperazine rings is 1. The molecule has 27 heavy (non-hydrogen) atoms. The van der Waals surface area contributed by atoms with E-state index in [1.54, 1.807) is 10.6 Å². The first-order valence-electron chi connectivity index (χ1n) is 9.52. The van der Waals surface area contributed by atoms with Gasteiger partial charge in [0, 0.05) is 44.0 Å². The molecule has 0 radical (unpaired) electrons. The van der Waals surface area contributed by atoms with Crippen molar-refractivity contribution in [1.29, 1.82) is 0 Å². The van der Waals surface area contributed by atoms with Crippen molar-refractivity contribution in [1.82, 2.24) is 19.5 Å². The van der Waals surface area contributed by atoms with Crippen LogP contribution in [0.1, 0.15) is 24.3 Å². The van der Waals surface area contributed by atoms with E-state index in [0.29, 0.717) is 11.6 Å². The number of hydrogen-bond acceptors (Lipinski definition) is 5. The van der Waals surface area contributed by atoms with E-state index in [9.17, 15) is 4.79 Å². The Bertz CT molecular complexity index is 941. The molecule has 6 nitrogen and oxygen atoms in total. The topological polar surface area (TPSA) is 53.7 Å². The third kappa shape index (κ3) is 3.71. The molecule has 3 heterocycles. The van der Waals surface area contributed by atoms with Crippen LogP contribution in [0.4, 0.5) is 5.69 Å². The molecule has 1 fully saturated rings. The highest BCUT2D eigenvalue weighted by atomic mass is 16.1. The molecule has 6 heteroatoms. The highest BCUT2D eigenvalue weighted by Crippen LogP contribution is 2.26. The maximum absolute atomic E-state index is 11.1. The van der Waals surface area contributed by atoms with Gasteiger partial charge in [0.2, 0.25) is 0 Å². The van der Waals surface area contributed by atoms with Gasteiger partial charge >= 0.3 is 0 Å². The lowest BCUT2D eigenvalue weighted by Crippen LogP contribution is -2.47. The van der Waals surface area contributed by atoms with Crippen molar-refractivity contribution >= 4 is 17.6 Å². The Balaban J connectivity index is 1.58. The van der Waals surface area contributed by atoms with Gasteiger partial charge in [-0.15, -0.1) is 0 Å². The number of nitrogens with zero attached hydrogens (tertiary/aromatic N) is 5. The Labute approximate surface area is 159 Å². The Morgan fingerprint density at radius 2 is 1.93 bits per heavy atom. The molecule has 0 atom stereocenters. The van der Waals surface area contributed by atoms with E-state index < -0.39 is 0 Å². The SMILES string of the molecule is CC(C)CN1CCN(c2cccc(-c3cnc4ccc(C=O)nn34)c2)CC1. The number of hydrogen-bond donors (Lipinski definition) is 0. The number of aromatic nitrogens is 3. The third-order valence-electron chi connectivity index (χ3n) is 5.01. The van der Waals surface area contributed by atoms with E-state index in [4.69, 9.17) is 0 Å². The molecular formula is C21H25N5O. The number of carbonyl (C=O) groups excluding carboxylic acids is 1. The maximum Gasteiger partial charge on any atom is 0.170 e. The lowest BCUT2D eigenvalue weighted by Gasteiger charge is -2.37. The van der Waals surface area contributed by atoms with Gasteiger partial charge in [-0.2, -0.15) is 5.10 Å². The molecule has 3 aromatic rings. The van der Waals surface area contributed by atoms with Gasteiger partial charge in [0.1, 0.15) is 5.69 Å². The molecule has 2 aromatic heterocycles. The van der Waals surface area contributed by atoms with Crippen LogP contribution in [-0.4, -0.2) is 58.5 Å². The second kappa shape index (κ2) is 7.48. The zero-order chi connectivity index (χ0) is 18.8. The van der Waals surface area contributed by atoms with Gasteiger partial charge in [-0.3, -0.25) is 9.69 Å².